The summed E-state index contributed by atoms with van der Waals surface area (Å²) in [4.78, 5) is 30.1. The normalized spacial score (nSPS) is 16.8. The molecule has 2 heterocycles. The molecule has 4 rings (SSSR count). The molecule has 1 atom stereocenters. The maximum absolute atomic E-state index is 13.4. The number of carbonyl (C=O) groups is 2. The van der Waals surface area contributed by atoms with Crippen molar-refractivity contribution in [3.05, 3.63) is 77.6 Å². The number of benzene rings is 2. The number of rotatable bonds is 5. The van der Waals surface area contributed by atoms with Crippen LogP contribution >= 0.6 is 0 Å². The minimum absolute atomic E-state index is 0.113. The number of carbonyl (C=O) groups excluding carboxylic acids is 2. The molecular formula is C26H30N4O2. The van der Waals surface area contributed by atoms with E-state index in [-0.39, 0.29) is 17.7 Å². The maximum Gasteiger partial charge on any atom is 0.274 e. The lowest BCUT2D eigenvalue weighted by Crippen LogP contribution is -2.38. The van der Waals surface area contributed by atoms with Crippen molar-refractivity contribution in [1.82, 2.24) is 19.6 Å². The second-order valence-corrected chi connectivity index (χ2v) is 8.47. The number of hydrogen-bond acceptors (Lipinski definition) is 3. The molecule has 3 aromatic rings. The second-order valence-electron chi connectivity index (χ2n) is 8.47. The van der Waals surface area contributed by atoms with Crippen molar-refractivity contribution < 1.29 is 9.59 Å². The molecule has 0 radical (unpaired) electrons. The minimum Gasteiger partial charge on any atom is -0.341 e. The topological polar surface area (TPSA) is 58.4 Å². The van der Waals surface area contributed by atoms with Gasteiger partial charge in [0.2, 0.25) is 5.91 Å². The van der Waals surface area contributed by atoms with Crippen molar-refractivity contribution in [3.8, 4) is 11.1 Å². The Morgan fingerprint density at radius 2 is 1.81 bits per heavy atom. The van der Waals surface area contributed by atoms with Crippen molar-refractivity contribution >= 4 is 11.8 Å². The lowest BCUT2D eigenvalue weighted by molar-refractivity contribution is -0.134. The zero-order chi connectivity index (χ0) is 22.7. The molecule has 0 aliphatic carbocycles. The summed E-state index contributed by atoms with van der Waals surface area (Å²) in [6, 6.07) is 18.4. The van der Waals surface area contributed by atoms with Gasteiger partial charge in [-0.25, -0.2) is 0 Å². The molecule has 0 bridgehead atoms. The van der Waals surface area contributed by atoms with Crippen LogP contribution in [0.4, 0.5) is 0 Å². The summed E-state index contributed by atoms with van der Waals surface area (Å²) in [7, 11) is 1.80. The Hall–Kier alpha value is -3.41. The Kier molecular flexibility index (Phi) is 6.40. The quantitative estimate of drug-likeness (QED) is 0.622. The van der Waals surface area contributed by atoms with E-state index in [4.69, 9.17) is 0 Å². The molecule has 2 aromatic carbocycles. The van der Waals surface area contributed by atoms with Gasteiger partial charge in [-0.3, -0.25) is 14.3 Å². The molecule has 0 spiro atoms. The molecule has 32 heavy (non-hydrogen) atoms. The highest BCUT2D eigenvalue weighted by Crippen LogP contribution is 2.28. The molecule has 0 N–H and O–H groups in total. The monoisotopic (exact) mass is 430 g/mol. The molecule has 6 heteroatoms. The highest BCUT2D eigenvalue weighted by atomic mass is 16.2. The highest BCUT2D eigenvalue weighted by molar-refractivity contribution is 5.93. The van der Waals surface area contributed by atoms with Gasteiger partial charge >= 0.3 is 0 Å². The SMILES string of the molecule is CCN1CCN(C(=O)c2ccn(C)n2)C[C@@H](Cc2ccccc2-c2ccc(C)cc2)C1=O. The van der Waals surface area contributed by atoms with E-state index >= 15 is 0 Å². The number of hydrogen-bond donors (Lipinski definition) is 0. The predicted octanol–water partition coefficient (Wildman–Crippen LogP) is 3.56. The number of aryl methyl sites for hydroxylation is 2. The second kappa shape index (κ2) is 9.39. The standard InChI is InChI=1S/C26H30N4O2/c1-4-29-15-16-30(26(32)24-13-14-28(3)27-24)18-22(25(29)31)17-21-7-5-6-8-23(21)20-11-9-19(2)10-12-20/h5-14,22H,4,15-18H2,1-3H3/t22-/m1/s1. The van der Waals surface area contributed by atoms with E-state index in [1.54, 1.807) is 28.9 Å². The summed E-state index contributed by atoms with van der Waals surface area (Å²) in [5.74, 6) is -0.299. The van der Waals surface area contributed by atoms with Crippen LogP contribution in [0.15, 0.2) is 60.8 Å². The van der Waals surface area contributed by atoms with E-state index in [0.29, 0.717) is 38.3 Å². The average molecular weight is 431 g/mol. The molecule has 2 amide bonds. The Balaban J connectivity index is 1.63. The molecule has 1 aliphatic rings. The van der Waals surface area contributed by atoms with E-state index in [2.05, 4.69) is 48.4 Å². The Bertz CT molecular complexity index is 1100. The number of nitrogens with zero attached hydrogens (tertiary/aromatic N) is 4. The fourth-order valence-electron chi connectivity index (χ4n) is 4.37. The van der Waals surface area contributed by atoms with Crippen LogP contribution in [0.2, 0.25) is 0 Å². The van der Waals surface area contributed by atoms with Crippen molar-refractivity contribution in [2.75, 3.05) is 26.2 Å². The first kappa shape index (κ1) is 21.8. The van der Waals surface area contributed by atoms with E-state index in [1.165, 1.54) is 5.56 Å². The maximum atomic E-state index is 13.4. The summed E-state index contributed by atoms with van der Waals surface area (Å²) < 4.78 is 1.63. The first-order valence-electron chi connectivity index (χ1n) is 11.2. The summed E-state index contributed by atoms with van der Waals surface area (Å²) >= 11 is 0. The van der Waals surface area contributed by atoms with Gasteiger partial charge in [-0.15, -0.1) is 0 Å². The molecule has 0 unspecified atom stereocenters. The summed E-state index contributed by atoms with van der Waals surface area (Å²) in [6.45, 7) is 6.17. The number of aromatic nitrogens is 2. The van der Waals surface area contributed by atoms with Gasteiger partial charge in [-0.2, -0.15) is 5.10 Å². The average Bonchev–Trinajstić information content (AvgIpc) is 3.17. The Labute approximate surface area is 189 Å². The number of amides is 2. The summed E-state index contributed by atoms with van der Waals surface area (Å²) in [5, 5.41) is 4.27. The van der Waals surface area contributed by atoms with E-state index in [1.807, 2.05) is 24.0 Å². The van der Waals surface area contributed by atoms with Gasteiger partial charge in [-0.05, 0) is 43.0 Å². The zero-order valence-electron chi connectivity index (χ0n) is 19.0. The summed E-state index contributed by atoms with van der Waals surface area (Å²) in [5.41, 5.74) is 5.03. The largest absolute Gasteiger partial charge is 0.341 e. The van der Waals surface area contributed by atoms with E-state index in [9.17, 15) is 9.59 Å². The van der Waals surface area contributed by atoms with Crippen LogP contribution in [0.25, 0.3) is 11.1 Å². The highest BCUT2D eigenvalue weighted by Gasteiger charge is 2.33. The third-order valence-corrected chi connectivity index (χ3v) is 6.19. The van der Waals surface area contributed by atoms with Crippen LogP contribution in [0, 0.1) is 12.8 Å². The van der Waals surface area contributed by atoms with E-state index < -0.39 is 0 Å². The smallest absolute Gasteiger partial charge is 0.274 e. The van der Waals surface area contributed by atoms with Crippen LogP contribution in [0.5, 0.6) is 0 Å². The van der Waals surface area contributed by atoms with Gasteiger partial charge in [0, 0.05) is 39.4 Å². The molecule has 0 saturated carbocycles. The zero-order valence-corrected chi connectivity index (χ0v) is 19.0. The minimum atomic E-state index is -0.295. The van der Waals surface area contributed by atoms with Crippen molar-refractivity contribution in [1.29, 1.82) is 0 Å². The lowest BCUT2D eigenvalue weighted by atomic mass is 9.91. The fraction of sp³-hybridized carbons (Fsp3) is 0.346. The molecule has 1 fully saturated rings. The van der Waals surface area contributed by atoms with Crippen LogP contribution < -0.4 is 0 Å². The Morgan fingerprint density at radius 3 is 2.50 bits per heavy atom. The van der Waals surface area contributed by atoms with Gasteiger partial charge < -0.3 is 9.80 Å². The van der Waals surface area contributed by atoms with Crippen LogP contribution in [-0.2, 0) is 18.3 Å². The van der Waals surface area contributed by atoms with Crippen molar-refractivity contribution in [3.63, 3.8) is 0 Å². The Morgan fingerprint density at radius 1 is 1.06 bits per heavy atom. The van der Waals surface area contributed by atoms with Gasteiger partial charge in [0.15, 0.2) is 0 Å². The molecule has 166 valence electrons. The lowest BCUT2D eigenvalue weighted by Gasteiger charge is -2.24. The predicted molar refractivity (Wildman–Crippen MR) is 125 cm³/mol. The molecular weight excluding hydrogens is 400 g/mol. The number of likely N-dealkylation sites (N-methyl/N-ethyl adjacent to an activating group) is 1. The van der Waals surface area contributed by atoms with Crippen molar-refractivity contribution in [2.24, 2.45) is 13.0 Å². The third kappa shape index (κ3) is 4.59. The van der Waals surface area contributed by atoms with Crippen LogP contribution in [0.3, 0.4) is 0 Å². The fourth-order valence-corrected chi connectivity index (χ4v) is 4.37. The molecule has 1 saturated heterocycles. The molecule has 6 nitrogen and oxygen atoms in total. The first-order valence-corrected chi connectivity index (χ1v) is 11.2. The van der Waals surface area contributed by atoms with Gasteiger partial charge in [0.05, 0.1) is 5.92 Å². The van der Waals surface area contributed by atoms with Gasteiger partial charge in [0.25, 0.3) is 5.91 Å². The van der Waals surface area contributed by atoms with Crippen molar-refractivity contribution in [2.45, 2.75) is 20.3 Å². The van der Waals surface area contributed by atoms with Gasteiger partial charge in [0.1, 0.15) is 5.69 Å². The van der Waals surface area contributed by atoms with Crippen LogP contribution in [0.1, 0.15) is 28.5 Å². The van der Waals surface area contributed by atoms with Crippen LogP contribution in [-0.4, -0.2) is 57.6 Å². The van der Waals surface area contributed by atoms with E-state index in [0.717, 1.165) is 16.7 Å². The molecule has 1 aromatic heterocycles. The van der Waals surface area contributed by atoms with Gasteiger partial charge in [-0.1, -0.05) is 54.1 Å². The molecule has 1 aliphatic heterocycles. The summed E-state index contributed by atoms with van der Waals surface area (Å²) in [6.07, 6.45) is 2.36. The first-order chi connectivity index (χ1) is 15.5. The third-order valence-electron chi connectivity index (χ3n) is 6.19.